The van der Waals surface area contributed by atoms with E-state index in [1.807, 2.05) is 0 Å². The standard InChI is InChI=1S/C28H22FN3O7S/c29-15-4-1-11(2-5-15)17-10-40-27(32-17)31-16-6-3-12-7-13-8-14-9-18(33)21(26(30)38)25(37)28(14,39)24(36)20(13)23(35)19(12)22(16)34/h1-6,10,13-14,33-34,36,39H,7-9H2,(H2,30,38)(H,31,32)/t13-,14-,28-/m0/s1. The lowest BCUT2D eigenvalue weighted by Gasteiger charge is -2.45. The molecule has 0 radical (unpaired) electrons. The number of nitrogens with two attached hydrogens (primary N) is 1. The second kappa shape index (κ2) is 9.00. The van der Waals surface area contributed by atoms with Crippen molar-refractivity contribution in [1.82, 2.24) is 4.98 Å². The Labute approximate surface area is 229 Å². The number of benzene rings is 2. The Kier molecular flexibility index (Phi) is 5.78. The molecule has 0 spiro atoms. The van der Waals surface area contributed by atoms with Gasteiger partial charge < -0.3 is 31.5 Å². The molecule has 204 valence electrons. The van der Waals surface area contributed by atoms with Crippen molar-refractivity contribution in [3.05, 3.63) is 81.4 Å². The summed E-state index contributed by atoms with van der Waals surface area (Å²) in [7, 11) is 0. The van der Waals surface area contributed by atoms with Gasteiger partial charge in [-0.05, 0) is 54.7 Å². The van der Waals surface area contributed by atoms with Gasteiger partial charge in [0.15, 0.2) is 22.3 Å². The molecule has 1 amide bonds. The summed E-state index contributed by atoms with van der Waals surface area (Å²) in [6.07, 6.45) is 0.000383. The van der Waals surface area contributed by atoms with Gasteiger partial charge in [-0.3, -0.25) is 14.4 Å². The molecule has 2 aromatic carbocycles. The van der Waals surface area contributed by atoms with Gasteiger partial charge in [-0.25, -0.2) is 9.37 Å². The summed E-state index contributed by atoms with van der Waals surface area (Å²) in [5, 5.41) is 48.9. The zero-order valence-electron chi connectivity index (χ0n) is 20.6. The first-order chi connectivity index (χ1) is 19.0. The highest BCUT2D eigenvalue weighted by Gasteiger charge is 2.59. The maximum atomic E-state index is 13.7. The first-order valence-electron chi connectivity index (χ1n) is 12.3. The molecule has 12 heteroatoms. The Balaban J connectivity index is 1.35. The SMILES string of the molecule is NC(=O)C1=C(O)C[C@@H]2C[C@@H]3Cc4ccc(Nc5nc(-c6ccc(F)cc6)cs5)c(O)c4C(=O)C3=C(O)[C@]2(O)C1=O. The third-order valence-electron chi connectivity index (χ3n) is 7.82. The first-order valence-corrected chi connectivity index (χ1v) is 13.2. The van der Waals surface area contributed by atoms with Crippen LogP contribution in [0.1, 0.15) is 28.8 Å². The molecule has 7 N–H and O–H groups in total. The van der Waals surface area contributed by atoms with Gasteiger partial charge in [0.2, 0.25) is 5.78 Å². The minimum atomic E-state index is -2.61. The second-order valence-corrected chi connectivity index (χ2v) is 10.9. The summed E-state index contributed by atoms with van der Waals surface area (Å²) in [6.45, 7) is 0. The molecule has 3 aromatic rings. The number of nitrogens with one attached hydrogen (secondary N) is 1. The number of nitrogens with zero attached hydrogens (tertiary/aromatic N) is 1. The number of phenolic OH excluding ortho intramolecular Hbond substituents is 1. The van der Waals surface area contributed by atoms with Crippen LogP contribution in [0.3, 0.4) is 0 Å². The van der Waals surface area contributed by atoms with Crippen molar-refractivity contribution in [3.8, 4) is 17.0 Å². The van der Waals surface area contributed by atoms with Crippen molar-refractivity contribution >= 4 is 39.6 Å². The molecule has 0 saturated carbocycles. The number of carbonyl (C=O) groups excluding carboxylic acids is 3. The predicted octanol–water partition coefficient (Wildman–Crippen LogP) is 3.59. The van der Waals surface area contributed by atoms with Crippen molar-refractivity contribution in [2.75, 3.05) is 5.32 Å². The van der Waals surface area contributed by atoms with Crippen molar-refractivity contribution in [2.24, 2.45) is 17.6 Å². The van der Waals surface area contributed by atoms with Crippen LogP contribution < -0.4 is 11.1 Å². The van der Waals surface area contributed by atoms with Crippen molar-refractivity contribution < 1.29 is 39.2 Å². The lowest BCUT2D eigenvalue weighted by Crippen LogP contribution is -2.57. The monoisotopic (exact) mass is 563 g/mol. The molecular weight excluding hydrogens is 541 g/mol. The molecule has 3 aliphatic carbocycles. The van der Waals surface area contributed by atoms with Gasteiger partial charge in [0.1, 0.15) is 22.9 Å². The second-order valence-electron chi connectivity index (χ2n) is 10.1. The number of rotatable bonds is 4. The summed E-state index contributed by atoms with van der Waals surface area (Å²) < 4.78 is 13.3. The van der Waals surface area contributed by atoms with E-state index in [4.69, 9.17) is 5.73 Å². The van der Waals surface area contributed by atoms with Gasteiger partial charge in [-0.2, -0.15) is 0 Å². The Morgan fingerprint density at radius 2 is 1.82 bits per heavy atom. The number of aromatic hydroxyl groups is 1. The van der Waals surface area contributed by atoms with Crippen LogP contribution in [0.25, 0.3) is 11.3 Å². The predicted molar refractivity (Wildman–Crippen MR) is 142 cm³/mol. The highest BCUT2D eigenvalue weighted by atomic mass is 32.1. The quantitative estimate of drug-likeness (QED) is 0.204. The lowest BCUT2D eigenvalue weighted by molar-refractivity contribution is -0.144. The van der Waals surface area contributed by atoms with Crippen molar-refractivity contribution in [1.29, 1.82) is 0 Å². The first kappa shape index (κ1) is 25.7. The van der Waals surface area contributed by atoms with Gasteiger partial charge in [0.05, 0.1) is 16.9 Å². The average molecular weight is 564 g/mol. The number of primary amides is 1. The number of fused-ring (bicyclic) bond motifs is 3. The van der Waals surface area contributed by atoms with E-state index in [9.17, 15) is 39.2 Å². The van der Waals surface area contributed by atoms with E-state index >= 15 is 0 Å². The molecule has 3 atom stereocenters. The number of aliphatic hydroxyl groups excluding tert-OH is 2. The molecule has 0 bridgehead atoms. The van der Waals surface area contributed by atoms with Crippen molar-refractivity contribution in [2.45, 2.75) is 24.9 Å². The molecule has 40 heavy (non-hydrogen) atoms. The number of hydrogen-bond acceptors (Lipinski definition) is 10. The van der Waals surface area contributed by atoms with Crippen LogP contribution >= 0.6 is 11.3 Å². The van der Waals surface area contributed by atoms with Gasteiger partial charge in [0.25, 0.3) is 5.91 Å². The number of aliphatic hydroxyl groups is 3. The highest BCUT2D eigenvalue weighted by Crippen LogP contribution is 2.52. The highest BCUT2D eigenvalue weighted by molar-refractivity contribution is 7.14. The summed E-state index contributed by atoms with van der Waals surface area (Å²) in [6, 6.07) is 9.06. The molecule has 0 saturated heterocycles. The number of phenols is 1. The average Bonchev–Trinajstić information content (AvgIpc) is 3.36. The lowest BCUT2D eigenvalue weighted by atomic mass is 9.60. The van der Waals surface area contributed by atoms with Crippen LogP contribution in [0.15, 0.2) is 64.4 Å². The Hall–Kier alpha value is -4.55. The van der Waals surface area contributed by atoms with E-state index < -0.39 is 57.8 Å². The van der Waals surface area contributed by atoms with Gasteiger partial charge in [0, 0.05) is 28.9 Å². The fourth-order valence-corrected chi connectivity index (χ4v) is 6.63. The number of hydrogen-bond donors (Lipinski definition) is 6. The fourth-order valence-electron chi connectivity index (χ4n) is 5.89. The molecule has 1 aromatic heterocycles. The van der Waals surface area contributed by atoms with Crippen LogP contribution in [0.4, 0.5) is 15.2 Å². The fraction of sp³-hybridized carbons (Fsp3) is 0.214. The minimum absolute atomic E-state index is 0.0644. The Morgan fingerprint density at radius 1 is 1.10 bits per heavy atom. The van der Waals surface area contributed by atoms with Crippen LogP contribution in [-0.4, -0.2) is 48.5 Å². The normalized spacial score (nSPS) is 23.9. The molecular formula is C28H22FN3O7S. The zero-order chi connectivity index (χ0) is 28.5. The molecule has 0 unspecified atom stereocenters. The van der Waals surface area contributed by atoms with E-state index in [1.165, 1.54) is 23.5 Å². The van der Waals surface area contributed by atoms with E-state index in [2.05, 4.69) is 10.3 Å². The maximum Gasteiger partial charge on any atom is 0.255 e. The van der Waals surface area contributed by atoms with Crippen LogP contribution in [0, 0.1) is 17.7 Å². The number of allylic oxidation sites excluding steroid dienone is 2. The molecule has 0 aliphatic heterocycles. The molecule has 10 nitrogen and oxygen atoms in total. The number of thiazole rings is 1. The largest absolute Gasteiger partial charge is 0.511 e. The Morgan fingerprint density at radius 3 is 2.52 bits per heavy atom. The number of carbonyl (C=O) groups is 3. The molecule has 0 fully saturated rings. The molecule has 1 heterocycles. The van der Waals surface area contributed by atoms with Gasteiger partial charge in [-0.1, -0.05) is 6.07 Å². The number of anilines is 2. The van der Waals surface area contributed by atoms with E-state index in [1.54, 1.807) is 29.6 Å². The van der Waals surface area contributed by atoms with E-state index in [-0.39, 0.29) is 41.9 Å². The smallest absolute Gasteiger partial charge is 0.255 e. The third-order valence-corrected chi connectivity index (χ3v) is 8.58. The number of amides is 1. The summed E-state index contributed by atoms with van der Waals surface area (Å²) in [5.41, 5.74) is 3.41. The molecule has 6 rings (SSSR count). The minimum Gasteiger partial charge on any atom is -0.511 e. The van der Waals surface area contributed by atoms with E-state index in [0.29, 0.717) is 22.0 Å². The van der Waals surface area contributed by atoms with Gasteiger partial charge >= 0.3 is 0 Å². The topological polar surface area (TPSA) is 183 Å². The summed E-state index contributed by atoms with van der Waals surface area (Å²) in [4.78, 5) is 43.0. The van der Waals surface area contributed by atoms with E-state index in [0.717, 1.165) is 0 Å². The number of ketones is 2. The van der Waals surface area contributed by atoms with Crippen LogP contribution in [0.5, 0.6) is 5.75 Å². The summed E-state index contributed by atoms with van der Waals surface area (Å²) >= 11 is 1.23. The van der Waals surface area contributed by atoms with Crippen LogP contribution in [-0.2, 0) is 16.0 Å². The van der Waals surface area contributed by atoms with Gasteiger partial charge in [-0.15, -0.1) is 11.3 Å². The third kappa shape index (κ3) is 3.71. The van der Waals surface area contributed by atoms with Crippen molar-refractivity contribution in [3.63, 3.8) is 0 Å². The number of halogens is 1. The summed E-state index contributed by atoms with van der Waals surface area (Å²) in [5.74, 6) is -7.12. The molecule has 3 aliphatic rings. The zero-order valence-corrected chi connectivity index (χ0v) is 21.5. The number of aromatic nitrogens is 1. The maximum absolute atomic E-state index is 13.7. The number of Topliss-reactive ketones (excluding diaryl/α,β-unsaturated/α-hetero) is 2. The Bertz CT molecular complexity index is 1690. The van der Waals surface area contributed by atoms with Crippen LogP contribution in [0.2, 0.25) is 0 Å².